The Balaban J connectivity index is 1.58. The number of rotatable bonds is 3. The monoisotopic (exact) mass is 317 g/mol. The number of pyridine rings is 1. The van der Waals surface area contributed by atoms with Gasteiger partial charge in [0.25, 0.3) is 0 Å². The van der Waals surface area contributed by atoms with Gasteiger partial charge in [-0.1, -0.05) is 0 Å². The molecule has 2 aliphatic rings. The van der Waals surface area contributed by atoms with E-state index in [4.69, 9.17) is 4.74 Å². The lowest BCUT2D eigenvalue weighted by Gasteiger charge is -2.41. The molecule has 2 atom stereocenters. The van der Waals surface area contributed by atoms with Crippen molar-refractivity contribution in [3.05, 3.63) is 30.1 Å². The lowest BCUT2D eigenvalue weighted by atomic mass is 9.91. The van der Waals surface area contributed by atoms with Crippen molar-refractivity contribution in [1.82, 2.24) is 14.8 Å². The SMILES string of the molecule is CN1C(=O)COC[C@@H]2CCN(C(=O)CCc3ccncc3)C[C@@H]21. The van der Waals surface area contributed by atoms with Crippen molar-refractivity contribution >= 4 is 11.8 Å². The smallest absolute Gasteiger partial charge is 0.248 e. The molecule has 23 heavy (non-hydrogen) atoms. The second kappa shape index (κ2) is 7.08. The van der Waals surface area contributed by atoms with Crippen molar-refractivity contribution in [1.29, 1.82) is 0 Å². The number of hydrogen-bond acceptors (Lipinski definition) is 4. The predicted molar refractivity (Wildman–Crippen MR) is 84.6 cm³/mol. The second-order valence-electron chi connectivity index (χ2n) is 6.33. The van der Waals surface area contributed by atoms with Crippen LogP contribution in [0, 0.1) is 5.92 Å². The zero-order chi connectivity index (χ0) is 16.2. The van der Waals surface area contributed by atoms with Gasteiger partial charge in [-0.25, -0.2) is 0 Å². The highest BCUT2D eigenvalue weighted by Crippen LogP contribution is 2.25. The molecule has 6 nitrogen and oxygen atoms in total. The van der Waals surface area contributed by atoms with E-state index in [0.717, 1.165) is 24.9 Å². The topological polar surface area (TPSA) is 62.7 Å². The van der Waals surface area contributed by atoms with Crippen molar-refractivity contribution in [2.45, 2.75) is 25.3 Å². The highest BCUT2D eigenvalue weighted by molar-refractivity contribution is 5.79. The fraction of sp³-hybridized carbons (Fsp3) is 0.588. The molecule has 0 aromatic carbocycles. The van der Waals surface area contributed by atoms with Crippen LogP contribution in [0.15, 0.2) is 24.5 Å². The lowest BCUT2D eigenvalue weighted by Crippen LogP contribution is -2.54. The molecular weight excluding hydrogens is 294 g/mol. The van der Waals surface area contributed by atoms with Crippen LogP contribution in [0.2, 0.25) is 0 Å². The molecule has 0 spiro atoms. The zero-order valence-corrected chi connectivity index (χ0v) is 13.5. The number of aromatic nitrogens is 1. The zero-order valence-electron chi connectivity index (χ0n) is 13.5. The first-order chi connectivity index (χ1) is 11.1. The molecule has 124 valence electrons. The van der Waals surface area contributed by atoms with Crippen molar-refractivity contribution in [3.63, 3.8) is 0 Å². The fourth-order valence-electron chi connectivity index (χ4n) is 3.38. The summed E-state index contributed by atoms with van der Waals surface area (Å²) in [5, 5.41) is 0. The molecule has 0 bridgehead atoms. The Morgan fingerprint density at radius 3 is 2.96 bits per heavy atom. The minimum atomic E-state index is 0.00332. The minimum absolute atomic E-state index is 0.00332. The molecule has 2 fully saturated rings. The van der Waals surface area contributed by atoms with Crippen LogP contribution in [-0.4, -0.2) is 66.0 Å². The number of aryl methyl sites for hydroxylation is 1. The van der Waals surface area contributed by atoms with Crippen LogP contribution in [0.3, 0.4) is 0 Å². The Hall–Kier alpha value is -1.95. The number of hydrogen-bond donors (Lipinski definition) is 0. The molecule has 0 aliphatic carbocycles. The van der Waals surface area contributed by atoms with Crippen LogP contribution in [0.1, 0.15) is 18.4 Å². The van der Waals surface area contributed by atoms with Crippen LogP contribution in [-0.2, 0) is 20.7 Å². The van der Waals surface area contributed by atoms with E-state index in [1.807, 2.05) is 24.1 Å². The van der Waals surface area contributed by atoms with E-state index >= 15 is 0 Å². The molecule has 6 heteroatoms. The molecule has 2 aliphatic heterocycles. The third-order valence-corrected chi connectivity index (χ3v) is 4.90. The van der Waals surface area contributed by atoms with Gasteiger partial charge in [0.15, 0.2) is 0 Å². The number of nitrogens with zero attached hydrogens (tertiary/aromatic N) is 3. The Labute approximate surface area is 136 Å². The summed E-state index contributed by atoms with van der Waals surface area (Å²) in [6.45, 7) is 2.13. The summed E-state index contributed by atoms with van der Waals surface area (Å²) in [7, 11) is 1.82. The van der Waals surface area contributed by atoms with Crippen molar-refractivity contribution in [3.8, 4) is 0 Å². The normalized spacial score (nSPS) is 25.0. The Morgan fingerprint density at radius 1 is 1.39 bits per heavy atom. The maximum atomic E-state index is 12.5. The fourth-order valence-corrected chi connectivity index (χ4v) is 3.38. The van der Waals surface area contributed by atoms with Gasteiger partial charge in [0.1, 0.15) is 6.61 Å². The third kappa shape index (κ3) is 3.69. The molecule has 2 amide bonds. The Bertz CT molecular complexity index is 563. The molecule has 2 saturated heterocycles. The molecule has 1 aromatic heterocycles. The van der Waals surface area contributed by atoms with Crippen LogP contribution in [0.5, 0.6) is 0 Å². The Kier molecular flexibility index (Phi) is 4.91. The molecule has 0 unspecified atom stereocenters. The van der Waals surface area contributed by atoms with E-state index < -0.39 is 0 Å². The maximum absolute atomic E-state index is 12.5. The number of amides is 2. The highest BCUT2D eigenvalue weighted by Gasteiger charge is 2.37. The first kappa shape index (κ1) is 15.9. The van der Waals surface area contributed by atoms with Gasteiger partial charge in [0.05, 0.1) is 12.6 Å². The predicted octanol–water partition coefficient (Wildman–Crippen LogP) is 0.720. The van der Waals surface area contributed by atoms with Gasteiger partial charge < -0.3 is 14.5 Å². The van der Waals surface area contributed by atoms with Gasteiger partial charge in [0.2, 0.25) is 11.8 Å². The molecular formula is C17H23N3O3. The highest BCUT2D eigenvalue weighted by atomic mass is 16.5. The molecule has 0 radical (unpaired) electrons. The Morgan fingerprint density at radius 2 is 2.17 bits per heavy atom. The number of carbonyl (C=O) groups is 2. The number of likely N-dealkylation sites (N-methyl/N-ethyl adjacent to an activating group) is 1. The van der Waals surface area contributed by atoms with Crippen LogP contribution in [0.4, 0.5) is 0 Å². The third-order valence-electron chi connectivity index (χ3n) is 4.90. The molecule has 0 N–H and O–H groups in total. The first-order valence-corrected chi connectivity index (χ1v) is 8.15. The largest absolute Gasteiger partial charge is 0.371 e. The van der Waals surface area contributed by atoms with Gasteiger partial charge in [-0.2, -0.15) is 0 Å². The van der Waals surface area contributed by atoms with E-state index in [2.05, 4.69) is 4.98 Å². The minimum Gasteiger partial charge on any atom is -0.371 e. The number of fused-ring (bicyclic) bond motifs is 1. The van der Waals surface area contributed by atoms with Gasteiger partial charge in [-0.05, 0) is 30.5 Å². The summed E-state index contributed by atoms with van der Waals surface area (Å²) in [5.74, 6) is 0.491. The van der Waals surface area contributed by atoms with E-state index in [1.54, 1.807) is 17.3 Å². The number of carbonyl (C=O) groups excluding carboxylic acids is 2. The molecule has 1 aromatic rings. The summed E-state index contributed by atoms with van der Waals surface area (Å²) in [6, 6.07) is 3.95. The molecule has 0 saturated carbocycles. The lowest BCUT2D eigenvalue weighted by molar-refractivity contribution is -0.139. The van der Waals surface area contributed by atoms with Crippen molar-refractivity contribution < 1.29 is 14.3 Å². The van der Waals surface area contributed by atoms with E-state index in [0.29, 0.717) is 25.5 Å². The summed E-state index contributed by atoms with van der Waals surface area (Å²) < 4.78 is 5.45. The average Bonchev–Trinajstić information content (AvgIpc) is 2.73. The standard InChI is InChI=1S/C17H23N3O3/c1-19-15-10-20(9-6-14(15)11-23-12-17(19)22)16(21)3-2-13-4-7-18-8-5-13/h4-5,7-8,14-15H,2-3,6,9-12H2,1H3/t14-,15-/m0/s1. The van der Waals surface area contributed by atoms with Gasteiger partial charge in [0, 0.05) is 44.9 Å². The van der Waals surface area contributed by atoms with Gasteiger partial charge in [-0.15, -0.1) is 0 Å². The van der Waals surface area contributed by atoms with E-state index in [1.165, 1.54) is 0 Å². The van der Waals surface area contributed by atoms with Crippen LogP contribution >= 0.6 is 0 Å². The summed E-state index contributed by atoms with van der Waals surface area (Å²) in [5.41, 5.74) is 1.12. The second-order valence-corrected chi connectivity index (χ2v) is 6.33. The van der Waals surface area contributed by atoms with E-state index in [9.17, 15) is 9.59 Å². The van der Waals surface area contributed by atoms with Gasteiger partial charge in [-0.3, -0.25) is 14.6 Å². The van der Waals surface area contributed by atoms with Gasteiger partial charge >= 0.3 is 0 Å². The number of likely N-dealkylation sites (tertiary alicyclic amines) is 1. The quantitative estimate of drug-likeness (QED) is 0.824. The number of piperidine rings is 1. The van der Waals surface area contributed by atoms with E-state index in [-0.39, 0.29) is 24.5 Å². The molecule has 3 rings (SSSR count). The maximum Gasteiger partial charge on any atom is 0.248 e. The summed E-state index contributed by atoms with van der Waals surface area (Å²) in [6.07, 6.45) is 5.61. The first-order valence-electron chi connectivity index (χ1n) is 8.15. The van der Waals surface area contributed by atoms with Crippen LogP contribution in [0.25, 0.3) is 0 Å². The summed E-state index contributed by atoms with van der Waals surface area (Å²) in [4.78, 5) is 32.1. The van der Waals surface area contributed by atoms with Crippen molar-refractivity contribution in [2.75, 3.05) is 33.4 Å². The summed E-state index contributed by atoms with van der Waals surface area (Å²) >= 11 is 0. The molecule has 3 heterocycles. The van der Waals surface area contributed by atoms with Crippen molar-refractivity contribution in [2.24, 2.45) is 5.92 Å². The average molecular weight is 317 g/mol. The number of ether oxygens (including phenoxy) is 1. The van der Waals surface area contributed by atoms with Crippen LogP contribution < -0.4 is 0 Å².